The number of fused-ring (bicyclic) bond motifs is 2. The van der Waals surface area contributed by atoms with E-state index in [1.54, 1.807) is 0 Å². The molecule has 4 nitrogen and oxygen atoms in total. The van der Waals surface area contributed by atoms with E-state index in [2.05, 4.69) is 0 Å². The van der Waals surface area contributed by atoms with Gasteiger partial charge in [-0.1, -0.05) is 0 Å². The third-order valence-corrected chi connectivity index (χ3v) is 4.85. The topological polar surface area (TPSA) is 51.4 Å². The van der Waals surface area contributed by atoms with Crippen LogP contribution in [0.2, 0.25) is 0 Å². The third kappa shape index (κ3) is 2.10. The Labute approximate surface area is 107 Å². The smallest absolute Gasteiger partial charge is 0.169 e. The number of ketones is 1. The Balaban J connectivity index is 1.20. The minimum Gasteiger partial charge on any atom is -0.380 e. The van der Waals surface area contributed by atoms with E-state index in [1.165, 1.54) is 12.8 Å². The molecule has 4 fully saturated rings. The van der Waals surface area contributed by atoms with E-state index < -0.39 is 0 Å². The molecule has 4 heteroatoms. The summed E-state index contributed by atoms with van der Waals surface area (Å²) in [6.45, 7) is 1.39. The van der Waals surface area contributed by atoms with Crippen LogP contribution in [0.1, 0.15) is 32.1 Å². The molecule has 2 heterocycles. The van der Waals surface area contributed by atoms with Crippen molar-refractivity contribution in [2.45, 2.75) is 56.5 Å². The van der Waals surface area contributed by atoms with Crippen molar-refractivity contribution in [2.75, 3.05) is 13.2 Å². The Hall–Kier alpha value is -0.450. The fourth-order valence-corrected chi connectivity index (χ4v) is 3.53. The van der Waals surface area contributed by atoms with E-state index in [-0.39, 0.29) is 23.9 Å². The zero-order valence-corrected chi connectivity index (χ0v) is 10.5. The Morgan fingerprint density at radius 1 is 1.00 bits per heavy atom. The molecular formula is C14H20O4. The highest BCUT2D eigenvalue weighted by molar-refractivity contribution is 5.89. The summed E-state index contributed by atoms with van der Waals surface area (Å²) in [6, 6.07) is 0. The van der Waals surface area contributed by atoms with Crippen molar-refractivity contribution >= 4 is 5.78 Å². The highest BCUT2D eigenvalue weighted by Gasteiger charge is 2.50. The quantitative estimate of drug-likeness (QED) is 0.708. The summed E-state index contributed by atoms with van der Waals surface area (Å²) in [6.07, 6.45) is 6.78. The number of carbonyl (C=O) groups excluding carboxylic acids is 1. The lowest BCUT2D eigenvalue weighted by Crippen LogP contribution is -2.31. The van der Waals surface area contributed by atoms with Gasteiger partial charge in [-0.2, -0.15) is 0 Å². The van der Waals surface area contributed by atoms with Gasteiger partial charge in [0.1, 0.15) is 6.10 Å². The average molecular weight is 252 g/mol. The minimum absolute atomic E-state index is 0.0809. The first-order valence-corrected chi connectivity index (χ1v) is 7.23. The standard InChI is InChI=1S/C14H20O4/c15-13-9(2-4-11-14(13)18-11)7-16-6-8-1-3-10-12(5-8)17-10/h8-12,14H,1-7H2. The number of Topliss-reactive ketones (excluding diaryl/α,β-unsaturated/α-hetero) is 1. The van der Waals surface area contributed by atoms with Crippen molar-refractivity contribution in [3.63, 3.8) is 0 Å². The molecule has 0 radical (unpaired) electrons. The van der Waals surface area contributed by atoms with Crippen molar-refractivity contribution in [1.29, 1.82) is 0 Å². The molecule has 0 amide bonds. The molecule has 6 atom stereocenters. The lowest BCUT2D eigenvalue weighted by molar-refractivity contribution is -0.127. The van der Waals surface area contributed by atoms with Gasteiger partial charge in [-0.25, -0.2) is 0 Å². The summed E-state index contributed by atoms with van der Waals surface area (Å²) < 4.78 is 16.6. The number of ether oxygens (including phenoxy) is 3. The van der Waals surface area contributed by atoms with E-state index in [0.717, 1.165) is 25.9 Å². The zero-order valence-electron chi connectivity index (χ0n) is 10.5. The van der Waals surface area contributed by atoms with Crippen molar-refractivity contribution in [3.8, 4) is 0 Å². The van der Waals surface area contributed by atoms with Gasteiger partial charge in [0.25, 0.3) is 0 Å². The predicted molar refractivity (Wildman–Crippen MR) is 63.2 cm³/mol. The zero-order chi connectivity index (χ0) is 12.1. The van der Waals surface area contributed by atoms with Crippen LogP contribution in [0.25, 0.3) is 0 Å². The third-order valence-electron chi connectivity index (χ3n) is 4.85. The van der Waals surface area contributed by atoms with Crippen LogP contribution in [0.5, 0.6) is 0 Å². The number of hydrogen-bond donors (Lipinski definition) is 0. The van der Waals surface area contributed by atoms with Gasteiger partial charge in [0.2, 0.25) is 0 Å². The normalized spacial score (nSPS) is 49.4. The molecule has 18 heavy (non-hydrogen) atoms. The number of carbonyl (C=O) groups is 1. The molecule has 0 spiro atoms. The second-order valence-electron chi connectivity index (χ2n) is 6.20. The second-order valence-corrected chi connectivity index (χ2v) is 6.20. The van der Waals surface area contributed by atoms with Crippen LogP contribution in [0.4, 0.5) is 0 Å². The SMILES string of the molecule is O=C1C(COCC2CCC3OC3C2)CCC2OC12. The van der Waals surface area contributed by atoms with Crippen molar-refractivity contribution in [2.24, 2.45) is 11.8 Å². The molecule has 0 N–H and O–H groups in total. The Morgan fingerprint density at radius 2 is 1.89 bits per heavy atom. The van der Waals surface area contributed by atoms with E-state index in [1.807, 2.05) is 0 Å². The van der Waals surface area contributed by atoms with Gasteiger partial charge in [-0.3, -0.25) is 4.79 Å². The van der Waals surface area contributed by atoms with Crippen LogP contribution in [-0.2, 0) is 19.0 Å². The van der Waals surface area contributed by atoms with E-state index in [9.17, 15) is 4.79 Å². The molecular weight excluding hydrogens is 232 g/mol. The Kier molecular flexibility index (Phi) is 2.71. The van der Waals surface area contributed by atoms with Gasteiger partial charge in [0.15, 0.2) is 5.78 Å². The highest BCUT2D eigenvalue weighted by Crippen LogP contribution is 2.40. The first kappa shape index (κ1) is 11.4. The van der Waals surface area contributed by atoms with Crippen LogP contribution in [0, 0.1) is 11.8 Å². The molecule has 0 aromatic carbocycles. The minimum atomic E-state index is -0.0809. The fourth-order valence-electron chi connectivity index (χ4n) is 3.53. The van der Waals surface area contributed by atoms with Gasteiger partial charge >= 0.3 is 0 Å². The van der Waals surface area contributed by atoms with Crippen LogP contribution < -0.4 is 0 Å². The van der Waals surface area contributed by atoms with Crippen molar-refractivity contribution < 1.29 is 19.0 Å². The summed E-state index contributed by atoms with van der Waals surface area (Å²) in [4.78, 5) is 11.9. The molecule has 0 aromatic heterocycles. The maximum atomic E-state index is 11.9. The number of epoxide rings is 2. The Morgan fingerprint density at radius 3 is 2.78 bits per heavy atom. The van der Waals surface area contributed by atoms with Gasteiger partial charge in [-0.05, 0) is 38.0 Å². The van der Waals surface area contributed by atoms with Gasteiger partial charge in [-0.15, -0.1) is 0 Å². The highest BCUT2D eigenvalue weighted by atomic mass is 16.6. The number of hydrogen-bond acceptors (Lipinski definition) is 4. The van der Waals surface area contributed by atoms with Crippen LogP contribution >= 0.6 is 0 Å². The van der Waals surface area contributed by atoms with Gasteiger partial charge in [0.05, 0.1) is 24.9 Å². The molecule has 2 aliphatic heterocycles. The lowest BCUT2D eigenvalue weighted by Gasteiger charge is -2.22. The maximum Gasteiger partial charge on any atom is 0.169 e. The van der Waals surface area contributed by atoms with Crippen LogP contribution in [-0.4, -0.2) is 43.4 Å². The van der Waals surface area contributed by atoms with Crippen molar-refractivity contribution in [1.82, 2.24) is 0 Å². The van der Waals surface area contributed by atoms with E-state index in [4.69, 9.17) is 14.2 Å². The molecule has 2 aliphatic carbocycles. The monoisotopic (exact) mass is 252 g/mol. The Bertz CT molecular complexity index is 356. The molecule has 0 bridgehead atoms. The predicted octanol–water partition coefficient (Wildman–Crippen LogP) is 1.32. The summed E-state index contributed by atoms with van der Waals surface area (Å²) in [5.74, 6) is 1.00. The first-order valence-electron chi connectivity index (χ1n) is 7.23. The van der Waals surface area contributed by atoms with Gasteiger partial charge in [0, 0.05) is 12.5 Å². The average Bonchev–Trinajstić information content (AvgIpc) is 3.24. The molecule has 2 saturated heterocycles. The summed E-state index contributed by atoms with van der Waals surface area (Å²) in [7, 11) is 0. The number of rotatable bonds is 4. The van der Waals surface area contributed by atoms with Gasteiger partial charge < -0.3 is 14.2 Å². The maximum absolute atomic E-state index is 11.9. The molecule has 2 saturated carbocycles. The molecule has 4 rings (SSSR count). The first-order chi connectivity index (χ1) is 8.81. The molecule has 4 aliphatic rings. The summed E-state index contributed by atoms with van der Waals surface area (Å²) >= 11 is 0. The summed E-state index contributed by atoms with van der Waals surface area (Å²) in [5.41, 5.74) is 0. The second kappa shape index (κ2) is 4.29. The molecule has 100 valence electrons. The van der Waals surface area contributed by atoms with E-state index in [0.29, 0.717) is 24.7 Å². The van der Waals surface area contributed by atoms with Crippen LogP contribution in [0.15, 0.2) is 0 Å². The fraction of sp³-hybridized carbons (Fsp3) is 0.929. The molecule has 0 aromatic rings. The molecule has 6 unspecified atom stereocenters. The largest absolute Gasteiger partial charge is 0.380 e. The van der Waals surface area contributed by atoms with Crippen LogP contribution in [0.3, 0.4) is 0 Å². The lowest BCUT2D eigenvalue weighted by atomic mass is 9.88. The summed E-state index contributed by atoms with van der Waals surface area (Å²) in [5, 5.41) is 0. The van der Waals surface area contributed by atoms with E-state index >= 15 is 0 Å². The van der Waals surface area contributed by atoms with Crippen molar-refractivity contribution in [3.05, 3.63) is 0 Å².